The monoisotopic (exact) mass is 409 g/mol. The molecule has 0 aliphatic carbocycles. The average Bonchev–Trinajstić information content (AvgIpc) is 3.04. The second-order valence-electron chi connectivity index (χ2n) is 8.20. The highest BCUT2D eigenvalue weighted by Crippen LogP contribution is 2.18. The highest BCUT2D eigenvalue weighted by Gasteiger charge is 2.41. The zero-order valence-electron chi connectivity index (χ0n) is 18.1. The zero-order chi connectivity index (χ0) is 21.6. The number of imidazole rings is 1. The van der Waals surface area contributed by atoms with Gasteiger partial charge in [0.25, 0.3) is 6.33 Å². The Balaban J connectivity index is 2.08. The molecule has 1 aromatic heterocycles. The molecule has 2 rings (SSSR count). The second-order valence-corrected chi connectivity index (χ2v) is 8.20. The number of hydrogen-bond acceptors (Lipinski definition) is 5. The molecule has 1 aliphatic heterocycles. The summed E-state index contributed by atoms with van der Waals surface area (Å²) in [6.07, 6.45) is 6.76. The number of nitrogens with zero attached hydrogens (tertiary/aromatic N) is 3. The Kier molecular flexibility index (Phi) is 7.64. The first-order valence-corrected chi connectivity index (χ1v) is 10.1. The van der Waals surface area contributed by atoms with Gasteiger partial charge in [-0.15, -0.1) is 4.57 Å². The molecule has 0 aromatic carbocycles. The van der Waals surface area contributed by atoms with Crippen molar-refractivity contribution in [3.63, 3.8) is 0 Å². The van der Waals surface area contributed by atoms with Crippen LogP contribution in [0.1, 0.15) is 52.7 Å². The van der Waals surface area contributed by atoms with Crippen molar-refractivity contribution in [1.29, 1.82) is 0 Å². The Morgan fingerprint density at radius 1 is 1.31 bits per heavy atom. The van der Waals surface area contributed by atoms with Crippen molar-refractivity contribution >= 4 is 18.1 Å². The number of alkyl carbamates (subject to hydrolysis) is 1. The summed E-state index contributed by atoms with van der Waals surface area (Å²) in [4.78, 5) is 38.6. The van der Waals surface area contributed by atoms with Crippen molar-refractivity contribution in [2.45, 2.75) is 71.6 Å². The van der Waals surface area contributed by atoms with Gasteiger partial charge in [-0.25, -0.2) is 19.0 Å². The van der Waals surface area contributed by atoms with E-state index in [0.29, 0.717) is 6.42 Å². The van der Waals surface area contributed by atoms with Gasteiger partial charge in [0.05, 0.1) is 13.7 Å². The van der Waals surface area contributed by atoms with Crippen molar-refractivity contribution in [3.8, 4) is 0 Å². The third-order valence-corrected chi connectivity index (χ3v) is 4.63. The predicted octanol–water partition coefficient (Wildman–Crippen LogP) is 1.86. The lowest BCUT2D eigenvalue weighted by Crippen LogP contribution is -2.54. The number of unbranched alkanes of at least 4 members (excludes halogenated alkanes) is 2. The lowest BCUT2D eigenvalue weighted by Gasteiger charge is -2.31. The molecule has 2 heterocycles. The number of aryl methyl sites for hydroxylation is 1. The third kappa shape index (κ3) is 6.20. The number of hydrogen-bond donors (Lipinski definition) is 1. The molecule has 0 fully saturated rings. The summed E-state index contributed by atoms with van der Waals surface area (Å²) >= 11 is 0. The smallest absolute Gasteiger partial charge is 0.416 e. The Bertz CT molecular complexity index is 738. The van der Waals surface area contributed by atoms with E-state index in [9.17, 15) is 14.4 Å². The van der Waals surface area contributed by atoms with Gasteiger partial charge in [0.1, 0.15) is 17.8 Å². The van der Waals surface area contributed by atoms with Crippen LogP contribution < -0.4 is 9.88 Å². The number of fused-ring (bicyclic) bond motifs is 1. The molecule has 1 atom stereocenters. The molecule has 9 nitrogen and oxygen atoms in total. The Morgan fingerprint density at radius 2 is 2.03 bits per heavy atom. The summed E-state index contributed by atoms with van der Waals surface area (Å²) in [6, 6.07) is -1.03. The van der Waals surface area contributed by atoms with Gasteiger partial charge in [-0.2, -0.15) is 0 Å². The molecule has 0 saturated carbocycles. The van der Waals surface area contributed by atoms with Crippen LogP contribution in [-0.4, -0.2) is 59.4 Å². The van der Waals surface area contributed by atoms with E-state index in [1.165, 1.54) is 12.0 Å². The molecule has 0 unspecified atom stereocenters. The van der Waals surface area contributed by atoms with Crippen LogP contribution in [-0.2, 0) is 27.2 Å². The van der Waals surface area contributed by atoms with Crippen LogP contribution in [0.4, 0.5) is 9.59 Å². The average molecular weight is 410 g/mol. The van der Waals surface area contributed by atoms with Gasteiger partial charge >= 0.3 is 18.1 Å². The number of methoxy groups -OCH3 is 1. The lowest BCUT2D eigenvalue weighted by molar-refractivity contribution is -0.696. The third-order valence-electron chi connectivity index (χ3n) is 4.63. The van der Waals surface area contributed by atoms with Gasteiger partial charge in [0.2, 0.25) is 0 Å². The van der Waals surface area contributed by atoms with Crippen molar-refractivity contribution in [3.05, 3.63) is 18.2 Å². The SMILES string of the molecule is CCCCC[n+]1cc2n(c1)C(=O)N(CCNC(=O)OC(C)(C)C)[C@H](C(=O)OC)C2. The minimum atomic E-state index is -0.723. The van der Waals surface area contributed by atoms with Crippen LogP contribution >= 0.6 is 0 Å². The predicted molar refractivity (Wildman–Crippen MR) is 105 cm³/mol. The molecule has 1 aliphatic rings. The largest absolute Gasteiger partial charge is 0.467 e. The van der Waals surface area contributed by atoms with E-state index in [1.54, 1.807) is 31.7 Å². The summed E-state index contributed by atoms with van der Waals surface area (Å²) in [7, 11) is 1.31. The molecule has 0 saturated heterocycles. The molecule has 2 amide bonds. The van der Waals surface area contributed by atoms with Crippen LogP contribution in [0.25, 0.3) is 0 Å². The van der Waals surface area contributed by atoms with Crippen molar-refractivity contribution in [1.82, 2.24) is 14.8 Å². The lowest BCUT2D eigenvalue weighted by atomic mass is 10.1. The molecular formula is C20H33N4O5+. The zero-order valence-corrected chi connectivity index (χ0v) is 18.1. The van der Waals surface area contributed by atoms with E-state index < -0.39 is 23.7 Å². The van der Waals surface area contributed by atoms with Crippen molar-refractivity contribution < 1.29 is 28.4 Å². The topological polar surface area (TPSA) is 93.8 Å². The maximum atomic E-state index is 13.0. The molecule has 29 heavy (non-hydrogen) atoms. The van der Waals surface area contributed by atoms with Gasteiger partial charge < -0.3 is 14.8 Å². The van der Waals surface area contributed by atoms with Crippen molar-refractivity contribution in [2.24, 2.45) is 0 Å². The molecule has 1 aromatic rings. The fourth-order valence-corrected chi connectivity index (χ4v) is 3.27. The van der Waals surface area contributed by atoms with Crippen LogP contribution in [0, 0.1) is 0 Å². The first-order chi connectivity index (χ1) is 13.7. The maximum absolute atomic E-state index is 13.0. The minimum Gasteiger partial charge on any atom is -0.467 e. The Hall–Kier alpha value is -2.58. The fourth-order valence-electron chi connectivity index (χ4n) is 3.27. The molecule has 9 heteroatoms. The summed E-state index contributed by atoms with van der Waals surface area (Å²) in [5.41, 5.74) is 0.170. The van der Waals surface area contributed by atoms with Crippen LogP contribution in [0.2, 0.25) is 0 Å². The number of nitrogens with one attached hydrogen (secondary N) is 1. The van der Waals surface area contributed by atoms with Gasteiger partial charge in [-0.1, -0.05) is 13.3 Å². The van der Waals surface area contributed by atoms with Crippen LogP contribution in [0.15, 0.2) is 12.5 Å². The van der Waals surface area contributed by atoms with E-state index in [2.05, 4.69) is 12.2 Å². The minimum absolute atomic E-state index is 0.168. The Labute approximate surface area is 171 Å². The highest BCUT2D eigenvalue weighted by atomic mass is 16.6. The molecule has 0 radical (unpaired) electrons. The van der Waals surface area contributed by atoms with E-state index in [4.69, 9.17) is 9.47 Å². The van der Waals surface area contributed by atoms with E-state index >= 15 is 0 Å². The van der Waals surface area contributed by atoms with E-state index in [-0.39, 0.29) is 19.1 Å². The normalized spacial score (nSPS) is 16.4. The quantitative estimate of drug-likeness (QED) is 0.402. The molecule has 1 N–H and O–H groups in total. The van der Waals surface area contributed by atoms with Gasteiger partial charge in [-0.3, -0.25) is 4.90 Å². The first kappa shape index (κ1) is 22.7. The summed E-state index contributed by atoms with van der Waals surface area (Å²) < 4.78 is 13.7. The number of esters is 1. The van der Waals surface area contributed by atoms with Crippen LogP contribution in [0.5, 0.6) is 0 Å². The molecule has 0 bridgehead atoms. The summed E-state index contributed by atoms with van der Waals surface area (Å²) in [5, 5.41) is 2.63. The van der Waals surface area contributed by atoms with E-state index in [1.807, 2.05) is 10.8 Å². The molecule has 162 valence electrons. The second kappa shape index (κ2) is 9.76. The number of carbonyl (C=O) groups excluding carboxylic acids is 3. The number of aromatic nitrogens is 2. The number of amides is 2. The standard InChI is InChI=1S/C20H32N4O5/c1-6-7-8-10-22-13-15-12-16(17(25)28-5)23(19(27)24(15)14-22)11-9-21-18(26)29-20(2,3)4/h13-14,16H,6-12H2,1-5H3/p+1/t16-/m0/s1. The Morgan fingerprint density at radius 3 is 2.66 bits per heavy atom. The highest BCUT2D eigenvalue weighted by molar-refractivity contribution is 5.87. The summed E-state index contributed by atoms with van der Waals surface area (Å²) in [6.45, 7) is 8.63. The number of rotatable bonds is 8. The molecular weight excluding hydrogens is 376 g/mol. The van der Waals surface area contributed by atoms with Crippen molar-refractivity contribution in [2.75, 3.05) is 20.2 Å². The first-order valence-electron chi connectivity index (χ1n) is 10.1. The van der Waals surface area contributed by atoms with Gasteiger partial charge in [0.15, 0.2) is 5.69 Å². The van der Waals surface area contributed by atoms with Gasteiger partial charge in [0, 0.05) is 19.5 Å². The van der Waals surface area contributed by atoms with E-state index in [0.717, 1.165) is 31.5 Å². The number of carbonyl (C=O) groups is 3. The maximum Gasteiger partial charge on any atom is 0.416 e. The van der Waals surface area contributed by atoms with Crippen LogP contribution in [0.3, 0.4) is 0 Å². The summed E-state index contributed by atoms with van der Waals surface area (Å²) in [5.74, 6) is -0.472. The molecule has 0 spiro atoms. The van der Waals surface area contributed by atoms with Gasteiger partial charge in [-0.05, 0) is 33.6 Å². The number of ether oxygens (including phenoxy) is 2. The fraction of sp³-hybridized carbons (Fsp3) is 0.700.